The van der Waals surface area contributed by atoms with Gasteiger partial charge in [0.2, 0.25) is 0 Å². The first kappa shape index (κ1) is 18.9. The predicted molar refractivity (Wildman–Crippen MR) is 106 cm³/mol. The van der Waals surface area contributed by atoms with E-state index in [9.17, 15) is 19.2 Å². The lowest BCUT2D eigenvalue weighted by Gasteiger charge is -2.32. The number of fused-ring (bicyclic) bond motifs is 1. The van der Waals surface area contributed by atoms with Crippen LogP contribution in [-0.4, -0.2) is 51.7 Å². The number of benzene rings is 1. The van der Waals surface area contributed by atoms with E-state index in [1.807, 2.05) is 0 Å². The highest BCUT2D eigenvalue weighted by Crippen LogP contribution is 2.31. The van der Waals surface area contributed by atoms with Gasteiger partial charge in [-0.2, -0.15) is 0 Å². The fourth-order valence-corrected chi connectivity index (χ4v) is 3.99. The number of anilines is 1. The third-order valence-electron chi connectivity index (χ3n) is 5.57. The maximum Gasteiger partial charge on any atom is 0.332 e. The Balaban J connectivity index is 1.51. The Bertz CT molecular complexity index is 1010. The monoisotopic (exact) mass is 394 g/mol. The number of hydrogen-bond donors (Lipinski definition) is 1. The summed E-state index contributed by atoms with van der Waals surface area (Å²) in [5, 5.41) is 2.98. The smallest absolute Gasteiger partial charge is 0.332 e. The molecule has 2 atom stereocenters. The van der Waals surface area contributed by atoms with Crippen molar-refractivity contribution in [1.29, 1.82) is 0 Å². The van der Waals surface area contributed by atoms with Crippen LogP contribution in [0.2, 0.25) is 0 Å². The van der Waals surface area contributed by atoms with Gasteiger partial charge in [0.15, 0.2) is 5.78 Å². The van der Waals surface area contributed by atoms with Crippen molar-refractivity contribution in [2.45, 2.75) is 31.8 Å². The number of aryl methyl sites for hydroxylation is 1. The van der Waals surface area contributed by atoms with E-state index in [-0.39, 0.29) is 29.7 Å². The van der Waals surface area contributed by atoms with Crippen LogP contribution in [0.25, 0.3) is 0 Å². The van der Waals surface area contributed by atoms with Crippen molar-refractivity contribution in [3.63, 3.8) is 0 Å². The van der Waals surface area contributed by atoms with Crippen LogP contribution >= 0.6 is 0 Å². The molecule has 0 bridgehead atoms. The number of Topliss-reactive ketones (excluding diaryl/α,β-unsaturated/α-hetero) is 1. The predicted octanol–water partition coefficient (Wildman–Crippen LogP) is 1.96. The Kier molecular flexibility index (Phi) is 4.70. The zero-order valence-electron chi connectivity index (χ0n) is 16.3. The van der Waals surface area contributed by atoms with Gasteiger partial charge in [-0.3, -0.25) is 14.4 Å². The highest BCUT2D eigenvalue weighted by atomic mass is 16.2. The van der Waals surface area contributed by atoms with Gasteiger partial charge in [0.1, 0.15) is 11.7 Å². The molecule has 2 aromatic rings. The molecule has 1 aromatic heterocycles. The molecule has 2 aliphatic rings. The molecule has 0 aliphatic carbocycles. The number of rotatable bonds is 4. The summed E-state index contributed by atoms with van der Waals surface area (Å²) in [5.74, 6) is -0.653. The van der Waals surface area contributed by atoms with E-state index in [2.05, 4.69) is 5.32 Å². The van der Waals surface area contributed by atoms with Crippen molar-refractivity contribution in [2.75, 3.05) is 11.4 Å². The average molecular weight is 394 g/mol. The summed E-state index contributed by atoms with van der Waals surface area (Å²) < 4.78 is 1.73. The molecule has 29 heavy (non-hydrogen) atoms. The lowest BCUT2D eigenvalue weighted by Crippen LogP contribution is -2.50. The zero-order valence-corrected chi connectivity index (χ0v) is 16.3. The normalized spacial score (nSPS) is 21.3. The Hall–Kier alpha value is -3.42. The number of amides is 4. The summed E-state index contributed by atoms with van der Waals surface area (Å²) in [6.45, 7) is 1.83. The van der Waals surface area contributed by atoms with Gasteiger partial charge in [0.05, 0.1) is 5.69 Å². The third-order valence-corrected chi connectivity index (χ3v) is 5.57. The molecule has 150 valence electrons. The minimum absolute atomic E-state index is 0.132. The summed E-state index contributed by atoms with van der Waals surface area (Å²) in [5.41, 5.74) is 1.39. The number of hydrogen-bond acceptors (Lipinski definition) is 4. The number of nitrogens with one attached hydrogen (secondary N) is 1. The average Bonchev–Trinajstić information content (AvgIpc) is 3.23. The number of urea groups is 1. The number of nitrogens with zero attached hydrogens (tertiary/aromatic N) is 3. The first-order valence-electron chi connectivity index (χ1n) is 9.54. The van der Waals surface area contributed by atoms with Gasteiger partial charge in [-0.05, 0) is 44.0 Å². The van der Waals surface area contributed by atoms with Crippen molar-refractivity contribution in [2.24, 2.45) is 7.05 Å². The number of ketones is 1. The fraction of sp³-hybridized carbons (Fsp3) is 0.333. The first-order valence-corrected chi connectivity index (χ1v) is 9.54. The van der Waals surface area contributed by atoms with Crippen molar-refractivity contribution >= 4 is 29.3 Å². The third kappa shape index (κ3) is 3.30. The van der Waals surface area contributed by atoms with E-state index in [0.717, 1.165) is 4.90 Å². The summed E-state index contributed by atoms with van der Waals surface area (Å²) in [4.78, 5) is 52.7. The Morgan fingerprint density at radius 1 is 1.14 bits per heavy atom. The molecular weight excluding hydrogens is 372 g/mol. The van der Waals surface area contributed by atoms with Crippen LogP contribution in [0.15, 0.2) is 42.6 Å². The maximum atomic E-state index is 13.0. The molecule has 1 N–H and O–H groups in total. The van der Waals surface area contributed by atoms with Gasteiger partial charge in [-0.1, -0.05) is 12.1 Å². The van der Waals surface area contributed by atoms with E-state index >= 15 is 0 Å². The van der Waals surface area contributed by atoms with Gasteiger partial charge in [-0.25, -0.2) is 9.69 Å². The van der Waals surface area contributed by atoms with E-state index in [0.29, 0.717) is 36.3 Å². The number of piperidine rings is 1. The summed E-state index contributed by atoms with van der Waals surface area (Å²) in [6.07, 6.45) is 2.74. The van der Waals surface area contributed by atoms with E-state index in [4.69, 9.17) is 0 Å². The molecule has 1 aromatic carbocycles. The molecule has 0 saturated carbocycles. The fourth-order valence-electron chi connectivity index (χ4n) is 3.99. The molecule has 0 radical (unpaired) electrons. The number of aromatic nitrogens is 1. The maximum absolute atomic E-state index is 13.0. The zero-order chi connectivity index (χ0) is 20.7. The lowest BCUT2D eigenvalue weighted by molar-refractivity contribution is -0.120. The molecule has 0 spiro atoms. The van der Waals surface area contributed by atoms with Crippen molar-refractivity contribution in [3.05, 3.63) is 53.9 Å². The highest BCUT2D eigenvalue weighted by molar-refractivity contribution is 6.21. The molecule has 4 amide bonds. The minimum Gasteiger partial charge on any atom is -0.348 e. The number of carbonyl (C=O) groups is 4. The first-order chi connectivity index (χ1) is 13.9. The van der Waals surface area contributed by atoms with Crippen LogP contribution in [0.3, 0.4) is 0 Å². The number of imide groups is 1. The van der Waals surface area contributed by atoms with Gasteiger partial charge in [0, 0.05) is 31.4 Å². The second-order valence-electron chi connectivity index (χ2n) is 7.47. The van der Waals surface area contributed by atoms with E-state index < -0.39 is 6.04 Å². The van der Waals surface area contributed by atoms with Crippen LogP contribution < -0.4 is 10.2 Å². The van der Waals surface area contributed by atoms with Crippen molar-refractivity contribution in [1.82, 2.24) is 14.8 Å². The van der Waals surface area contributed by atoms with Gasteiger partial charge >= 0.3 is 6.03 Å². The van der Waals surface area contributed by atoms with Gasteiger partial charge < -0.3 is 14.8 Å². The molecule has 8 nitrogen and oxygen atoms in total. The van der Waals surface area contributed by atoms with Crippen LogP contribution in [0.4, 0.5) is 10.5 Å². The standard InChI is InChI=1S/C21H22N4O4/c1-13(26)14-5-3-6-16(11-14)25-20(28)18-12-15(8-10-24(18)21(25)29)22-19(27)17-7-4-9-23(17)2/h3-7,9,11,15,18H,8,10,12H2,1-2H3,(H,22,27)/t15-,18+/m0/s1. The Labute approximate surface area is 168 Å². The van der Waals surface area contributed by atoms with Crippen molar-refractivity contribution < 1.29 is 19.2 Å². The molecule has 2 aliphatic heterocycles. The Morgan fingerprint density at radius 2 is 1.93 bits per heavy atom. The van der Waals surface area contributed by atoms with Crippen LogP contribution in [-0.2, 0) is 11.8 Å². The molecule has 8 heteroatoms. The lowest BCUT2D eigenvalue weighted by atomic mass is 9.97. The largest absolute Gasteiger partial charge is 0.348 e. The van der Waals surface area contributed by atoms with Crippen LogP contribution in [0, 0.1) is 0 Å². The summed E-state index contributed by atoms with van der Waals surface area (Å²) in [7, 11) is 1.80. The summed E-state index contributed by atoms with van der Waals surface area (Å²) in [6, 6.07) is 8.86. The highest BCUT2D eigenvalue weighted by Gasteiger charge is 2.48. The van der Waals surface area contributed by atoms with E-state index in [1.165, 1.54) is 6.92 Å². The molecule has 2 saturated heterocycles. The Morgan fingerprint density at radius 3 is 2.62 bits per heavy atom. The topological polar surface area (TPSA) is 91.7 Å². The van der Waals surface area contributed by atoms with E-state index in [1.54, 1.807) is 59.1 Å². The molecule has 3 heterocycles. The van der Waals surface area contributed by atoms with Crippen LogP contribution in [0.1, 0.15) is 40.6 Å². The molecule has 4 rings (SSSR count). The van der Waals surface area contributed by atoms with Gasteiger partial charge in [-0.15, -0.1) is 0 Å². The second-order valence-corrected chi connectivity index (χ2v) is 7.47. The molecule has 2 fully saturated rings. The molecular formula is C21H22N4O4. The molecule has 0 unspecified atom stereocenters. The SMILES string of the molecule is CC(=O)c1cccc(N2C(=O)[C@H]3C[C@@H](NC(=O)c4cccn4C)CCN3C2=O)c1. The number of carbonyl (C=O) groups excluding carboxylic acids is 4. The summed E-state index contributed by atoms with van der Waals surface area (Å²) >= 11 is 0. The minimum atomic E-state index is -0.615. The van der Waals surface area contributed by atoms with Gasteiger partial charge in [0.25, 0.3) is 11.8 Å². The van der Waals surface area contributed by atoms with Crippen molar-refractivity contribution in [3.8, 4) is 0 Å². The second kappa shape index (κ2) is 7.20. The van der Waals surface area contributed by atoms with Crippen LogP contribution in [0.5, 0.6) is 0 Å². The quantitative estimate of drug-likeness (QED) is 0.634.